The second-order valence-corrected chi connectivity index (χ2v) is 17.3. The van der Waals surface area contributed by atoms with Crippen LogP contribution < -0.4 is 47.4 Å². The molecule has 4 aromatic rings. The van der Waals surface area contributed by atoms with Crippen molar-refractivity contribution in [2.75, 3.05) is 125 Å². The molecule has 0 saturated heterocycles. The summed E-state index contributed by atoms with van der Waals surface area (Å²) in [5, 5.41) is 0. The van der Waals surface area contributed by atoms with E-state index in [2.05, 4.69) is 31.0 Å². The lowest BCUT2D eigenvalue weighted by Gasteiger charge is -2.46. The first kappa shape index (κ1) is 54.4. The Labute approximate surface area is 413 Å². The fourth-order valence-electron chi connectivity index (χ4n) is 9.37. The van der Waals surface area contributed by atoms with Gasteiger partial charge in [-0.05, 0) is 84.6 Å². The number of hydrogen-bond donors (Lipinski definition) is 0. The Morgan fingerprint density at radius 2 is 1.17 bits per heavy atom. The molecular formula is C54H73N2O14+. The molecule has 0 aliphatic carbocycles. The molecule has 0 spiro atoms. The highest BCUT2D eigenvalue weighted by molar-refractivity contribution is 5.91. The van der Waals surface area contributed by atoms with Crippen molar-refractivity contribution in [2.24, 2.45) is 0 Å². The van der Waals surface area contributed by atoms with Gasteiger partial charge in [-0.2, -0.15) is 0 Å². The third kappa shape index (κ3) is 13.0. The Hall–Kier alpha value is -6.52. The predicted octanol–water partition coefficient (Wildman–Crippen LogP) is 7.81. The number of carbonyl (C=O) groups excluding carboxylic acids is 2. The summed E-state index contributed by atoms with van der Waals surface area (Å²) in [6.07, 6.45) is 5.59. The van der Waals surface area contributed by atoms with E-state index in [1.807, 2.05) is 43.4 Å². The minimum Gasteiger partial charge on any atom is -0.493 e. The second-order valence-electron chi connectivity index (χ2n) is 17.3. The van der Waals surface area contributed by atoms with Crippen molar-refractivity contribution in [1.29, 1.82) is 0 Å². The number of quaternary nitrogens is 1. The van der Waals surface area contributed by atoms with Gasteiger partial charge in [-0.15, -0.1) is 0 Å². The highest BCUT2D eigenvalue weighted by Gasteiger charge is 2.40. The second kappa shape index (κ2) is 25.9. The van der Waals surface area contributed by atoms with E-state index in [-0.39, 0.29) is 25.2 Å². The lowest BCUT2D eigenvalue weighted by atomic mass is 9.86. The Bertz CT molecular complexity index is 2400. The van der Waals surface area contributed by atoms with Gasteiger partial charge in [-0.3, -0.25) is 0 Å². The number of methoxy groups -OCH3 is 10. The number of carbonyl (C=O) groups is 2. The molecule has 0 radical (unpaired) electrons. The third-order valence-corrected chi connectivity index (χ3v) is 13.2. The van der Waals surface area contributed by atoms with E-state index in [9.17, 15) is 9.59 Å². The maximum absolute atomic E-state index is 12.8. The van der Waals surface area contributed by atoms with Gasteiger partial charge in [-0.1, -0.05) is 13.0 Å². The van der Waals surface area contributed by atoms with Gasteiger partial charge in [0.2, 0.25) is 11.5 Å². The van der Waals surface area contributed by atoms with Crippen molar-refractivity contribution >= 4 is 11.9 Å². The van der Waals surface area contributed by atoms with Crippen LogP contribution in [-0.2, 0) is 38.3 Å². The molecular weight excluding hydrogens is 901 g/mol. The smallest absolute Gasteiger partial charge is 0.331 e. The van der Waals surface area contributed by atoms with E-state index < -0.39 is 11.9 Å². The van der Waals surface area contributed by atoms with Crippen molar-refractivity contribution in [3.8, 4) is 57.5 Å². The number of esters is 2. The van der Waals surface area contributed by atoms with E-state index in [0.29, 0.717) is 101 Å². The number of fused-ring (bicyclic) bond motifs is 1. The zero-order chi connectivity index (χ0) is 51.0. The molecule has 1 aliphatic rings. The molecule has 16 nitrogen and oxygen atoms in total. The van der Waals surface area contributed by atoms with E-state index in [1.165, 1.54) is 5.56 Å². The molecule has 4 aromatic carbocycles. The summed E-state index contributed by atoms with van der Waals surface area (Å²) in [5.41, 5.74) is 6.40. The molecule has 0 N–H and O–H groups in total. The van der Waals surface area contributed by atoms with Gasteiger partial charge >= 0.3 is 11.9 Å². The average molecular weight is 974 g/mol. The Kier molecular flexibility index (Phi) is 20.1. The summed E-state index contributed by atoms with van der Waals surface area (Å²) in [7, 11) is 20.4. The summed E-state index contributed by atoms with van der Waals surface area (Å²) in [5.74, 6) is 4.71. The van der Waals surface area contributed by atoms with Crippen LogP contribution in [0.3, 0.4) is 0 Å². The summed E-state index contributed by atoms with van der Waals surface area (Å²) in [4.78, 5) is 27.5. The minimum absolute atomic E-state index is 0.0103. The van der Waals surface area contributed by atoms with E-state index in [0.717, 1.165) is 59.5 Å². The predicted molar refractivity (Wildman–Crippen MR) is 266 cm³/mol. The van der Waals surface area contributed by atoms with Crippen LogP contribution in [0.15, 0.2) is 60.7 Å². The van der Waals surface area contributed by atoms with E-state index >= 15 is 0 Å². The lowest BCUT2D eigenvalue weighted by Crippen LogP contribution is -2.52. The number of hydrogen-bond acceptors (Lipinski definition) is 15. The fraction of sp³-hybridized carbons (Fsp3) is 0.481. The molecule has 0 fully saturated rings. The fourth-order valence-corrected chi connectivity index (χ4v) is 9.37. The Morgan fingerprint density at radius 3 is 1.74 bits per heavy atom. The molecule has 0 aromatic heterocycles. The topological polar surface area (TPSA) is 148 Å². The number of likely N-dealkylation sites (N-methyl/N-ethyl adjacent to an activating group) is 2. The summed E-state index contributed by atoms with van der Waals surface area (Å²) in [6, 6.07) is 16.0. The van der Waals surface area contributed by atoms with Crippen LogP contribution in [0.1, 0.15) is 65.1 Å². The molecule has 0 bridgehead atoms. The van der Waals surface area contributed by atoms with Crippen LogP contribution in [0.25, 0.3) is 0 Å². The molecule has 16 heteroatoms. The maximum Gasteiger partial charge on any atom is 0.331 e. The normalized spacial score (nSPS) is 15.7. The van der Waals surface area contributed by atoms with Crippen molar-refractivity contribution in [1.82, 2.24) is 4.90 Å². The SMILES string of the molecule is COc1ccc(C(C)c2c(CCN(C)CCCOC(=O)/C=C\C(=O)OCCC[N+]3(C)CCc4cc(OC)c(OC)cc4C3Cc3cc(OC)c(OC)c(OC)c3)cc(OC)c(OC)c2OC)cc1OC. The number of rotatable bonds is 27. The Morgan fingerprint density at radius 1 is 0.629 bits per heavy atom. The van der Waals surface area contributed by atoms with Crippen LogP contribution in [0.2, 0.25) is 0 Å². The van der Waals surface area contributed by atoms with Gasteiger partial charge in [0.25, 0.3) is 0 Å². The highest BCUT2D eigenvalue weighted by Crippen LogP contribution is 2.48. The minimum atomic E-state index is -0.613. The van der Waals surface area contributed by atoms with Gasteiger partial charge in [0.05, 0.1) is 104 Å². The van der Waals surface area contributed by atoms with Gasteiger partial charge in [-0.25, -0.2) is 9.59 Å². The zero-order valence-electron chi connectivity index (χ0n) is 43.3. The molecule has 382 valence electrons. The summed E-state index contributed by atoms with van der Waals surface area (Å²) >= 11 is 0. The highest BCUT2D eigenvalue weighted by atomic mass is 16.6. The van der Waals surface area contributed by atoms with Crippen LogP contribution >= 0.6 is 0 Å². The van der Waals surface area contributed by atoms with Crippen LogP contribution in [0, 0.1) is 0 Å². The van der Waals surface area contributed by atoms with E-state index in [1.54, 1.807) is 71.1 Å². The van der Waals surface area contributed by atoms with Crippen molar-refractivity contribution in [3.63, 3.8) is 0 Å². The van der Waals surface area contributed by atoms with Crippen molar-refractivity contribution in [3.05, 3.63) is 94.1 Å². The first-order chi connectivity index (χ1) is 33.8. The van der Waals surface area contributed by atoms with Crippen LogP contribution in [0.4, 0.5) is 0 Å². The standard InChI is InChI=1S/C54H73N2O14/c1-35(37-16-17-42(59-4)43(31-37)60-5)51-39(33-48(65-10)53(67-12)54(51)68-13)20-23-55(2)22-14-26-69-49(57)18-19-50(58)70-27-15-24-56(3)25-21-38-32-44(61-6)45(62-7)34-40(38)41(56)28-36-29-46(63-8)52(66-11)47(30-36)64-9/h16-19,29-35,41H,14-15,20-28H2,1-13H3/q+1/b19-18-. The lowest BCUT2D eigenvalue weighted by molar-refractivity contribution is -0.941. The maximum atomic E-state index is 12.8. The first-order valence-corrected chi connectivity index (χ1v) is 23.4. The quantitative estimate of drug-likeness (QED) is 0.0247. The molecule has 1 aliphatic heterocycles. The molecule has 3 atom stereocenters. The van der Waals surface area contributed by atoms with Crippen molar-refractivity contribution < 1.29 is 70.9 Å². The summed E-state index contributed by atoms with van der Waals surface area (Å²) < 4.78 is 68.6. The van der Waals surface area contributed by atoms with Gasteiger partial charge < -0.3 is 66.2 Å². The summed E-state index contributed by atoms with van der Waals surface area (Å²) in [6.45, 7) is 5.42. The zero-order valence-corrected chi connectivity index (χ0v) is 43.3. The average Bonchev–Trinajstić information content (AvgIpc) is 3.38. The molecule has 70 heavy (non-hydrogen) atoms. The van der Waals surface area contributed by atoms with Crippen molar-refractivity contribution in [2.45, 2.75) is 51.0 Å². The first-order valence-electron chi connectivity index (χ1n) is 23.4. The number of ether oxygens (including phenoxy) is 12. The largest absolute Gasteiger partial charge is 0.493 e. The van der Waals surface area contributed by atoms with Gasteiger partial charge in [0.1, 0.15) is 6.04 Å². The molecule has 3 unspecified atom stereocenters. The van der Waals surface area contributed by atoms with Gasteiger partial charge in [0.15, 0.2) is 46.0 Å². The van der Waals surface area contributed by atoms with E-state index in [4.69, 9.17) is 56.8 Å². The van der Waals surface area contributed by atoms with Gasteiger partial charge in [0, 0.05) is 61.5 Å². The molecule has 0 saturated carbocycles. The molecule has 0 amide bonds. The molecule has 5 rings (SSSR count). The third-order valence-electron chi connectivity index (χ3n) is 13.2. The molecule has 1 heterocycles. The Balaban J connectivity index is 1.14. The van der Waals surface area contributed by atoms with Crippen LogP contribution in [-0.4, -0.2) is 146 Å². The number of nitrogens with zero attached hydrogens (tertiary/aromatic N) is 2. The number of benzene rings is 4. The van der Waals surface area contributed by atoms with Crippen LogP contribution in [0.5, 0.6) is 57.5 Å². The monoisotopic (exact) mass is 974 g/mol.